The van der Waals surface area contributed by atoms with Crippen molar-refractivity contribution in [2.45, 2.75) is 19.3 Å². The molecule has 1 aliphatic carbocycles. The van der Waals surface area contributed by atoms with Crippen molar-refractivity contribution >= 4 is 5.97 Å². The standard InChI is InChI=1S/C11H12O3/c12-10-4-3-7-5-9(11(13)14)2-1-8(7)6-10/h3-4,6,9,12H,1-2,5H2,(H,13,14)/t9-/m1/s1. The molecule has 0 amide bonds. The molecule has 0 spiro atoms. The number of aryl methyl sites for hydroxylation is 1. The molecule has 0 aliphatic heterocycles. The monoisotopic (exact) mass is 192 g/mol. The van der Waals surface area contributed by atoms with Crippen molar-refractivity contribution < 1.29 is 15.0 Å². The number of phenolic OH excluding ortho intramolecular Hbond substituents is 1. The number of carboxylic acid groups (broad SMARTS) is 1. The summed E-state index contributed by atoms with van der Waals surface area (Å²) in [6, 6.07) is 5.16. The SMILES string of the molecule is O=C(O)[C@@H]1CCc2cc(O)ccc2C1. The zero-order chi connectivity index (χ0) is 10.1. The van der Waals surface area contributed by atoms with Crippen LogP contribution >= 0.6 is 0 Å². The number of phenols is 1. The van der Waals surface area contributed by atoms with Gasteiger partial charge >= 0.3 is 5.97 Å². The highest BCUT2D eigenvalue weighted by Crippen LogP contribution is 2.28. The summed E-state index contributed by atoms with van der Waals surface area (Å²) < 4.78 is 0. The summed E-state index contributed by atoms with van der Waals surface area (Å²) in [6.07, 6.45) is 2.01. The second kappa shape index (κ2) is 3.33. The van der Waals surface area contributed by atoms with Crippen molar-refractivity contribution in [1.82, 2.24) is 0 Å². The summed E-state index contributed by atoms with van der Waals surface area (Å²) in [7, 11) is 0. The van der Waals surface area contributed by atoms with Gasteiger partial charge in [0.15, 0.2) is 0 Å². The molecule has 14 heavy (non-hydrogen) atoms. The summed E-state index contributed by atoms with van der Waals surface area (Å²) in [6.45, 7) is 0. The van der Waals surface area contributed by atoms with Crippen molar-refractivity contribution in [3.63, 3.8) is 0 Å². The Bertz CT molecular complexity index is 371. The molecule has 1 aromatic carbocycles. The van der Waals surface area contributed by atoms with E-state index in [1.807, 2.05) is 6.07 Å². The van der Waals surface area contributed by atoms with Gasteiger partial charge in [-0.1, -0.05) is 6.07 Å². The fourth-order valence-corrected chi connectivity index (χ4v) is 1.95. The lowest BCUT2D eigenvalue weighted by atomic mass is 9.84. The number of aliphatic carboxylic acids is 1. The van der Waals surface area contributed by atoms with Crippen molar-refractivity contribution in [3.8, 4) is 5.75 Å². The van der Waals surface area contributed by atoms with Crippen LogP contribution in [0.5, 0.6) is 5.75 Å². The van der Waals surface area contributed by atoms with Crippen LogP contribution in [0.25, 0.3) is 0 Å². The quantitative estimate of drug-likeness (QED) is 0.710. The first kappa shape index (κ1) is 9.06. The summed E-state index contributed by atoms with van der Waals surface area (Å²) in [4.78, 5) is 10.8. The van der Waals surface area contributed by atoms with Gasteiger partial charge in [-0.05, 0) is 42.5 Å². The molecule has 0 aromatic heterocycles. The van der Waals surface area contributed by atoms with E-state index in [1.165, 1.54) is 0 Å². The van der Waals surface area contributed by atoms with Crippen molar-refractivity contribution in [2.24, 2.45) is 5.92 Å². The van der Waals surface area contributed by atoms with Gasteiger partial charge in [-0.3, -0.25) is 4.79 Å². The lowest BCUT2D eigenvalue weighted by Crippen LogP contribution is -2.21. The average molecular weight is 192 g/mol. The minimum absolute atomic E-state index is 0.257. The van der Waals surface area contributed by atoms with Crippen LogP contribution in [-0.4, -0.2) is 16.2 Å². The Morgan fingerprint density at radius 2 is 2.14 bits per heavy atom. The van der Waals surface area contributed by atoms with E-state index in [0.717, 1.165) is 17.5 Å². The van der Waals surface area contributed by atoms with Crippen LogP contribution in [0.4, 0.5) is 0 Å². The van der Waals surface area contributed by atoms with Gasteiger partial charge in [0.25, 0.3) is 0 Å². The number of carbonyl (C=O) groups is 1. The van der Waals surface area contributed by atoms with Crippen LogP contribution in [0.15, 0.2) is 18.2 Å². The Hall–Kier alpha value is -1.51. The van der Waals surface area contributed by atoms with E-state index >= 15 is 0 Å². The number of hydrogen-bond acceptors (Lipinski definition) is 2. The maximum atomic E-state index is 10.8. The first-order chi connectivity index (χ1) is 6.66. The van der Waals surface area contributed by atoms with Crippen LogP contribution in [0.2, 0.25) is 0 Å². The fraction of sp³-hybridized carbons (Fsp3) is 0.364. The van der Waals surface area contributed by atoms with E-state index in [1.54, 1.807) is 12.1 Å². The highest BCUT2D eigenvalue weighted by molar-refractivity contribution is 5.71. The number of fused-ring (bicyclic) bond motifs is 1. The molecule has 3 nitrogen and oxygen atoms in total. The van der Waals surface area contributed by atoms with Crippen LogP contribution in [-0.2, 0) is 17.6 Å². The lowest BCUT2D eigenvalue weighted by molar-refractivity contribution is -0.142. The van der Waals surface area contributed by atoms with E-state index in [9.17, 15) is 9.90 Å². The van der Waals surface area contributed by atoms with Crippen LogP contribution < -0.4 is 0 Å². The molecule has 2 rings (SSSR count). The third-order valence-corrected chi connectivity index (χ3v) is 2.77. The van der Waals surface area contributed by atoms with Gasteiger partial charge in [0.05, 0.1) is 5.92 Å². The van der Waals surface area contributed by atoms with Crippen LogP contribution in [0, 0.1) is 5.92 Å². The molecule has 0 saturated heterocycles. The van der Waals surface area contributed by atoms with Gasteiger partial charge in [0, 0.05) is 0 Å². The minimum atomic E-state index is -0.719. The largest absolute Gasteiger partial charge is 0.508 e. The van der Waals surface area contributed by atoms with Gasteiger partial charge in [-0.2, -0.15) is 0 Å². The third kappa shape index (κ3) is 1.58. The minimum Gasteiger partial charge on any atom is -0.508 e. The van der Waals surface area contributed by atoms with E-state index in [4.69, 9.17) is 5.11 Å². The number of rotatable bonds is 1. The molecule has 74 valence electrons. The van der Waals surface area contributed by atoms with Crippen molar-refractivity contribution in [2.75, 3.05) is 0 Å². The molecule has 0 fully saturated rings. The second-order valence-electron chi connectivity index (χ2n) is 3.73. The highest BCUT2D eigenvalue weighted by atomic mass is 16.4. The van der Waals surface area contributed by atoms with Gasteiger partial charge in [0.2, 0.25) is 0 Å². The van der Waals surface area contributed by atoms with E-state index in [2.05, 4.69) is 0 Å². The molecule has 0 saturated carbocycles. The molecule has 0 heterocycles. The molecule has 1 aromatic rings. The Kier molecular flexibility index (Phi) is 2.15. The normalized spacial score (nSPS) is 20.1. The number of carboxylic acids is 1. The molecular formula is C11H12O3. The predicted molar refractivity (Wildman–Crippen MR) is 51.3 cm³/mol. The zero-order valence-electron chi connectivity index (χ0n) is 7.73. The zero-order valence-corrected chi connectivity index (χ0v) is 7.73. The molecule has 1 atom stereocenters. The molecule has 2 N–H and O–H groups in total. The average Bonchev–Trinajstić information content (AvgIpc) is 2.16. The third-order valence-electron chi connectivity index (χ3n) is 2.77. The number of hydrogen-bond donors (Lipinski definition) is 2. The predicted octanol–water partition coefficient (Wildman–Crippen LogP) is 1.58. The van der Waals surface area contributed by atoms with E-state index < -0.39 is 5.97 Å². The fourth-order valence-electron chi connectivity index (χ4n) is 1.95. The van der Waals surface area contributed by atoms with Crippen molar-refractivity contribution in [1.29, 1.82) is 0 Å². The highest BCUT2D eigenvalue weighted by Gasteiger charge is 2.23. The topological polar surface area (TPSA) is 57.5 Å². The Morgan fingerprint density at radius 1 is 1.36 bits per heavy atom. The molecule has 3 heteroatoms. The summed E-state index contributed by atoms with van der Waals surface area (Å²) >= 11 is 0. The Labute approximate surface area is 82.0 Å². The molecule has 0 radical (unpaired) electrons. The van der Waals surface area contributed by atoms with Gasteiger partial charge in [-0.15, -0.1) is 0 Å². The van der Waals surface area contributed by atoms with Crippen LogP contribution in [0.1, 0.15) is 17.5 Å². The lowest BCUT2D eigenvalue weighted by Gasteiger charge is -2.21. The van der Waals surface area contributed by atoms with Crippen molar-refractivity contribution in [3.05, 3.63) is 29.3 Å². The maximum Gasteiger partial charge on any atom is 0.306 e. The molecule has 0 bridgehead atoms. The van der Waals surface area contributed by atoms with E-state index in [0.29, 0.717) is 12.8 Å². The maximum absolute atomic E-state index is 10.8. The molecular weight excluding hydrogens is 180 g/mol. The van der Waals surface area contributed by atoms with Crippen LogP contribution in [0.3, 0.4) is 0 Å². The smallest absolute Gasteiger partial charge is 0.306 e. The second-order valence-corrected chi connectivity index (χ2v) is 3.73. The Morgan fingerprint density at radius 3 is 2.86 bits per heavy atom. The molecule has 0 unspecified atom stereocenters. The molecule has 1 aliphatic rings. The first-order valence-corrected chi connectivity index (χ1v) is 4.70. The Balaban J connectivity index is 2.27. The number of benzene rings is 1. The van der Waals surface area contributed by atoms with Gasteiger partial charge in [-0.25, -0.2) is 0 Å². The van der Waals surface area contributed by atoms with E-state index in [-0.39, 0.29) is 11.7 Å². The first-order valence-electron chi connectivity index (χ1n) is 4.70. The summed E-state index contributed by atoms with van der Waals surface area (Å²) in [5, 5.41) is 18.1. The summed E-state index contributed by atoms with van der Waals surface area (Å²) in [5.74, 6) is -0.715. The van der Waals surface area contributed by atoms with Gasteiger partial charge < -0.3 is 10.2 Å². The number of aromatic hydroxyl groups is 1. The summed E-state index contributed by atoms with van der Waals surface area (Å²) in [5.41, 5.74) is 2.14. The van der Waals surface area contributed by atoms with Gasteiger partial charge in [0.1, 0.15) is 5.75 Å².